The normalized spacial score (nSPS) is 11.1. The topological polar surface area (TPSA) is 102 Å². The molecule has 8 nitrogen and oxygen atoms in total. The fourth-order valence-electron chi connectivity index (χ4n) is 2.97. The number of benzene rings is 2. The average Bonchev–Trinajstić information content (AvgIpc) is 3.14. The van der Waals surface area contributed by atoms with Gasteiger partial charge in [-0.15, -0.1) is 0 Å². The van der Waals surface area contributed by atoms with E-state index in [1.54, 1.807) is 55.2 Å². The van der Waals surface area contributed by atoms with E-state index in [1.165, 1.54) is 6.20 Å². The molecule has 4 aromatic rings. The van der Waals surface area contributed by atoms with Crippen LogP contribution in [0.2, 0.25) is 0 Å². The smallest absolute Gasteiger partial charge is 0.262 e. The van der Waals surface area contributed by atoms with Crippen molar-refractivity contribution in [1.82, 2.24) is 19.7 Å². The number of aryl methyl sites for hydroxylation is 1. The first kappa shape index (κ1) is 19.1. The molecule has 1 amide bonds. The Labute approximate surface area is 171 Å². The standard InChI is InChI=1S/C22H19N5O3/c1-27-20-18(13-23-27)22(29)26-19(25-20)11-6-14-4-3-5-16(12-14)24-21(28)15-7-9-17(30-2)10-8-15/h3-13H,1-2H3,(H,24,28)(H,25,26,29)/b11-6+. The van der Waals surface area contributed by atoms with Gasteiger partial charge in [-0.05, 0) is 48.0 Å². The van der Waals surface area contributed by atoms with Crippen molar-refractivity contribution in [2.24, 2.45) is 7.05 Å². The van der Waals surface area contributed by atoms with Crippen molar-refractivity contribution in [3.8, 4) is 5.75 Å². The first-order chi connectivity index (χ1) is 14.5. The second kappa shape index (κ2) is 8.04. The fourth-order valence-corrected chi connectivity index (χ4v) is 2.97. The van der Waals surface area contributed by atoms with E-state index in [0.29, 0.717) is 33.9 Å². The highest BCUT2D eigenvalue weighted by Gasteiger charge is 2.08. The lowest BCUT2D eigenvalue weighted by Gasteiger charge is -2.07. The second-order valence-electron chi connectivity index (χ2n) is 6.60. The Hall–Kier alpha value is -4.20. The van der Waals surface area contributed by atoms with Crippen LogP contribution in [-0.4, -0.2) is 32.8 Å². The van der Waals surface area contributed by atoms with Crippen molar-refractivity contribution >= 4 is 34.8 Å². The maximum absolute atomic E-state index is 12.4. The number of hydrogen-bond acceptors (Lipinski definition) is 5. The van der Waals surface area contributed by atoms with Gasteiger partial charge in [0.1, 0.15) is 17.0 Å². The summed E-state index contributed by atoms with van der Waals surface area (Å²) < 4.78 is 6.66. The van der Waals surface area contributed by atoms with Crippen LogP contribution >= 0.6 is 0 Å². The van der Waals surface area contributed by atoms with Gasteiger partial charge in [0.2, 0.25) is 0 Å². The Morgan fingerprint density at radius 3 is 2.73 bits per heavy atom. The molecule has 0 aliphatic heterocycles. The molecule has 8 heteroatoms. The molecular weight excluding hydrogens is 382 g/mol. The number of hydrogen-bond donors (Lipinski definition) is 2. The number of carbonyl (C=O) groups is 1. The van der Waals surface area contributed by atoms with Crippen molar-refractivity contribution < 1.29 is 9.53 Å². The summed E-state index contributed by atoms with van der Waals surface area (Å²) in [7, 11) is 3.31. The lowest BCUT2D eigenvalue weighted by Crippen LogP contribution is -2.11. The molecule has 150 valence electrons. The molecule has 0 saturated heterocycles. The molecule has 0 spiro atoms. The van der Waals surface area contributed by atoms with Gasteiger partial charge in [-0.3, -0.25) is 14.3 Å². The Morgan fingerprint density at radius 2 is 1.97 bits per heavy atom. The molecule has 0 unspecified atom stereocenters. The minimum Gasteiger partial charge on any atom is -0.497 e. The quantitative estimate of drug-likeness (QED) is 0.535. The van der Waals surface area contributed by atoms with Crippen LogP contribution in [0.5, 0.6) is 5.75 Å². The average molecular weight is 401 g/mol. The molecule has 0 fully saturated rings. The van der Waals surface area contributed by atoms with Crippen molar-refractivity contribution in [2.75, 3.05) is 12.4 Å². The van der Waals surface area contributed by atoms with E-state index < -0.39 is 0 Å². The molecule has 0 aliphatic carbocycles. The molecule has 2 aromatic carbocycles. The van der Waals surface area contributed by atoms with E-state index in [0.717, 1.165) is 5.56 Å². The number of carbonyl (C=O) groups excluding carboxylic acids is 1. The first-order valence-corrected chi connectivity index (χ1v) is 9.19. The first-order valence-electron chi connectivity index (χ1n) is 9.19. The number of anilines is 1. The summed E-state index contributed by atoms with van der Waals surface area (Å²) in [5.41, 5.74) is 2.30. The van der Waals surface area contributed by atoms with Gasteiger partial charge >= 0.3 is 0 Å². The molecule has 2 aromatic heterocycles. The van der Waals surface area contributed by atoms with Crippen LogP contribution < -0.4 is 15.6 Å². The zero-order chi connectivity index (χ0) is 21.1. The molecule has 30 heavy (non-hydrogen) atoms. The minimum absolute atomic E-state index is 0.216. The summed E-state index contributed by atoms with van der Waals surface area (Å²) in [5, 5.41) is 7.37. The second-order valence-corrected chi connectivity index (χ2v) is 6.60. The molecular formula is C22H19N5O3. The van der Waals surface area contributed by atoms with E-state index in [-0.39, 0.29) is 11.5 Å². The highest BCUT2D eigenvalue weighted by molar-refractivity contribution is 6.04. The summed E-state index contributed by atoms with van der Waals surface area (Å²) in [6.45, 7) is 0. The number of ether oxygens (including phenoxy) is 1. The van der Waals surface area contributed by atoms with Crippen LogP contribution in [-0.2, 0) is 7.05 Å². The zero-order valence-electron chi connectivity index (χ0n) is 16.4. The number of nitrogens with one attached hydrogen (secondary N) is 2. The summed E-state index contributed by atoms with van der Waals surface area (Å²) >= 11 is 0. The largest absolute Gasteiger partial charge is 0.497 e. The molecule has 2 heterocycles. The Kier molecular flexibility index (Phi) is 5.13. The Balaban J connectivity index is 1.52. The van der Waals surface area contributed by atoms with Gasteiger partial charge in [0.05, 0.1) is 13.3 Å². The number of aromatic nitrogens is 4. The third kappa shape index (κ3) is 3.97. The van der Waals surface area contributed by atoms with Gasteiger partial charge in [-0.25, -0.2) is 4.98 Å². The number of nitrogens with zero attached hydrogens (tertiary/aromatic N) is 3. The monoisotopic (exact) mass is 401 g/mol. The maximum Gasteiger partial charge on any atom is 0.262 e. The number of methoxy groups -OCH3 is 1. The number of H-pyrrole nitrogens is 1. The maximum atomic E-state index is 12.4. The van der Waals surface area contributed by atoms with Gasteiger partial charge in [-0.2, -0.15) is 5.10 Å². The Bertz CT molecular complexity index is 1300. The van der Waals surface area contributed by atoms with E-state index in [2.05, 4.69) is 20.4 Å². The predicted octanol–water partition coefficient (Wildman–Crippen LogP) is 3.09. The third-order valence-electron chi connectivity index (χ3n) is 4.55. The summed E-state index contributed by atoms with van der Waals surface area (Å²) in [5.74, 6) is 0.893. The summed E-state index contributed by atoms with van der Waals surface area (Å²) in [6.07, 6.45) is 5.01. The molecule has 0 radical (unpaired) electrons. The van der Waals surface area contributed by atoms with E-state index in [9.17, 15) is 9.59 Å². The van der Waals surface area contributed by atoms with Crippen LogP contribution in [0.15, 0.2) is 59.5 Å². The van der Waals surface area contributed by atoms with Gasteiger partial charge in [0.25, 0.3) is 11.5 Å². The number of rotatable bonds is 5. The van der Waals surface area contributed by atoms with E-state index in [1.807, 2.05) is 24.3 Å². The van der Waals surface area contributed by atoms with Crippen LogP contribution in [0.4, 0.5) is 5.69 Å². The summed E-state index contributed by atoms with van der Waals surface area (Å²) in [6, 6.07) is 14.2. The highest BCUT2D eigenvalue weighted by atomic mass is 16.5. The molecule has 0 aliphatic rings. The number of fused-ring (bicyclic) bond motifs is 1. The molecule has 0 atom stereocenters. The van der Waals surface area contributed by atoms with Gasteiger partial charge < -0.3 is 15.0 Å². The van der Waals surface area contributed by atoms with Crippen molar-refractivity contribution in [1.29, 1.82) is 0 Å². The highest BCUT2D eigenvalue weighted by Crippen LogP contribution is 2.16. The molecule has 4 rings (SSSR count). The summed E-state index contributed by atoms with van der Waals surface area (Å²) in [4.78, 5) is 31.7. The minimum atomic E-state index is -0.242. The number of amides is 1. The van der Waals surface area contributed by atoms with Crippen LogP contribution in [0.3, 0.4) is 0 Å². The van der Waals surface area contributed by atoms with Crippen molar-refractivity contribution in [2.45, 2.75) is 0 Å². The van der Waals surface area contributed by atoms with Gasteiger partial charge in [0.15, 0.2) is 5.65 Å². The van der Waals surface area contributed by atoms with Crippen LogP contribution in [0.1, 0.15) is 21.7 Å². The third-order valence-corrected chi connectivity index (χ3v) is 4.55. The van der Waals surface area contributed by atoms with Gasteiger partial charge in [-0.1, -0.05) is 18.2 Å². The zero-order valence-corrected chi connectivity index (χ0v) is 16.4. The molecule has 0 bridgehead atoms. The van der Waals surface area contributed by atoms with Crippen LogP contribution in [0.25, 0.3) is 23.2 Å². The molecule has 0 saturated carbocycles. The SMILES string of the molecule is COc1ccc(C(=O)Nc2cccc(/C=C/c3nc4c(cnn4C)c(=O)[nH]3)c2)cc1. The lowest BCUT2D eigenvalue weighted by atomic mass is 10.1. The van der Waals surface area contributed by atoms with E-state index in [4.69, 9.17) is 4.74 Å². The fraction of sp³-hybridized carbons (Fsp3) is 0.0909. The van der Waals surface area contributed by atoms with E-state index >= 15 is 0 Å². The van der Waals surface area contributed by atoms with Crippen LogP contribution in [0, 0.1) is 0 Å². The van der Waals surface area contributed by atoms with Crippen molar-refractivity contribution in [3.63, 3.8) is 0 Å². The van der Waals surface area contributed by atoms with Crippen molar-refractivity contribution in [3.05, 3.63) is 82.0 Å². The molecule has 2 N–H and O–H groups in total. The lowest BCUT2D eigenvalue weighted by molar-refractivity contribution is 0.102. The Morgan fingerprint density at radius 1 is 1.17 bits per heavy atom. The predicted molar refractivity (Wildman–Crippen MR) is 115 cm³/mol. The number of aromatic amines is 1. The van der Waals surface area contributed by atoms with Gasteiger partial charge in [0, 0.05) is 18.3 Å².